The number of thiol groups is 1. The van der Waals surface area contributed by atoms with Gasteiger partial charge >= 0.3 is 6.01 Å². The Labute approximate surface area is 206 Å². The molecule has 0 aliphatic rings. The molecule has 0 bridgehead atoms. The first-order chi connectivity index (χ1) is 16.7. The Morgan fingerprint density at radius 1 is 0.971 bits per heavy atom. The van der Waals surface area contributed by atoms with Crippen LogP contribution in [0.1, 0.15) is 11.1 Å². The fourth-order valence-electron chi connectivity index (χ4n) is 2.89. The lowest BCUT2D eigenvalue weighted by Crippen LogP contribution is -2.09. The van der Waals surface area contributed by atoms with Crippen LogP contribution in [0, 0.1) is 5.82 Å². The summed E-state index contributed by atoms with van der Waals surface area (Å²) in [4.78, 5) is 12.5. The highest BCUT2D eigenvalue weighted by Gasteiger charge is 2.11. The molecule has 1 aromatic heterocycles. The second-order valence-electron chi connectivity index (χ2n) is 7.03. The van der Waals surface area contributed by atoms with Crippen molar-refractivity contribution >= 4 is 41.3 Å². The minimum absolute atomic E-state index is 0.0180. The van der Waals surface area contributed by atoms with Gasteiger partial charge in [0.25, 0.3) is 0 Å². The average molecular weight is 493 g/mol. The number of aromatic nitrogens is 2. The molecule has 0 atom stereocenters. The monoisotopic (exact) mass is 492 g/mol. The van der Waals surface area contributed by atoms with E-state index >= 15 is 0 Å². The number of hydrogen-bond donors (Lipinski definition) is 2. The van der Waals surface area contributed by atoms with Crippen molar-refractivity contribution in [3.8, 4) is 11.8 Å². The third-order valence-corrected chi connectivity index (χ3v) is 5.68. The Morgan fingerprint density at radius 2 is 1.71 bits per heavy atom. The molecule has 4 aromatic rings. The SMILES string of the molecule is Fc1cnc(OCc2cccc(OS)c2)nc1N=C(Nc1ccccc1)SCc1ccccc1. The largest absolute Gasteiger partial charge is 0.459 e. The normalized spacial score (nSPS) is 11.2. The maximum absolute atomic E-state index is 14.5. The Hall–Kier alpha value is -3.56. The van der Waals surface area contributed by atoms with Crippen molar-refractivity contribution in [2.75, 3.05) is 5.32 Å². The van der Waals surface area contributed by atoms with Gasteiger partial charge in [0.05, 0.1) is 6.20 Å². The van der Waals surface area contributed by atoms with E-state index < -0.39 is 5.82 Å². The molecule has 34 heavy (non-hydrogen) atoms. The lowest BCUT2D eigenvalue weighted by atomic mass is 10.2. The van der Waals surface area contributed by atoms with E-state index in [2.05, 4.69) is 33.2 Å². The van der Waals surface area contributed by atoms with Crippen molar-refractivity contribution < 1.29 is 13.3 Å². The van der Waals surface area contributed by atoms with Crippen LogP contribution in [-0.4, -0.2) is 15.1 Å². The van der Waals surface area contributed by atoms with Crippen LogP contribution in [0.2, 0.25) is 0 Å². The zero-order valence-electron chi connectivity index (χ0n) is 18.0. The summed E-state index contributed by atoms with van der Waals surface area (Å²) in [5, 5.41) is 3.74. The van der Waals surface area contributed by atoms with E-state index in [-0.39, 0.29) is 18.4 Å². The van der Waals surface area contributed by atoms with Crippen LogP contribution in [0.5, 0.6) is 11.8 Å². The van der Waals surface area contributed by atoms with Gasteiger partial charge in [-0.2, -0.15) is 4.98 Å². The first-order valence-corrected chi connectivity index (χ1v) is 11.7. The summed E-state index contributed by atoms with van der Waals surface area (Å²) in [5.74, 6) is 0.475. The number of aliphatic imine (C=N–C) groups is 1. The van der Waals surface area contributed by atoms with E-state index in [1.54, 1.807) is 12.1 Å². The number of rotatable bonds is 8. The number of nitrogens with one attached hydrogen (secondary N) is 1. The number of halogens is 1. The van der Waals surface area contributed by atoms with Gasteiger partial charge in [-0.3, -0.25) is 0 Å². The molecule has 0 fully saturated rings. The standard InChI is InChI=1S/C25H21FN4O2S2/c26-22-15-27-24(31-16-19-10-7-13-21(14-19)32-33)29-23(22)30-25(28-20-11-5-2-6-12-20)34-17-18-8-3-1-4-9-18/h1-15,33H,16-17H2,(H,27,28,29,30). The van der Waals surface area contributed by atoms with Crippen molar-refractivity contribution in [1.29, 1.82) is 0 Å². The number of thioether (sulfide) groups is 1. The fourth-order valence-corrected chi connectivity index (χ4v) is 3.84. The average Bonchev–Trinajstić information content (AvgIpc) is 2.89. The van der Waals surface area contributed by atoms with Crippen molar-refractivity contribution in [1.82, 2.24) is 9.97 Å². The van der Waals surface area contributed by atoms with Gasteiger partial charge in [-0.05, 0) is 35.4 Å². The summed E-state index contributed by atoms with van der Waals surface area (Å²) in [6, 6.07) is 26.8. The number of para-hydroxylation sites is 1. The number of nitrogens with zero attached hydrogens (tertiary/aromatic N) is 3. The summed E-state index contributed by atoms with van der Waals surface area (Å²) < 4.78 is 25.1. The third-order valence-electron chi connectivity index (χ3n) is 4.53. The molecule has 172 valence electrons. The van der Waals surface area contributed by atoms with Crippen molar-refractivity contribution in [3.63, 3.8) is 0 Å². The van der Waals surface area contributed by atoms with Gasteiger partial charge in [-0.25, -0.2) is 14.4 Å². The maximum Gasteiger partial charge on any atom is 0.318 e. The Morgan fingerprint density at radius 3 is 2.47 bits per heavy atom. The van der Waals surface area contributed by atoms with Gasteiger partial charge in [0.1, 0.15) is 12.4 Å². The van der Waals surface area contributed by atoms with E-state index in [1.165, 1.54) is 11.8 Å². The molecule has 0 saturated carbocycles. The predicted octanol–water partition coefficient (Wildman–Crippen LogP) is 6.45. The van der Waals surface area contributed by atoms with Gasteiger partial charge in [0.2, 0.25) is 0 Å². The van der Waals surface area contributed by atoms with E-state index in [0.29, 0.717) is 16.7 Å². The van der Waals surface area contributed by atoms with Gasteiger partial charge in [-0.15, -0.1) is 0 Å². The lowest BCUT2D eigenvalue weighted by Gasteiger charge is -2.10. The van der Waals surface area contributed by atoms with Crippen LogP contribution in [-0.2, 0) is 12.4 Å². The van der Waals surface area contributed by atoms with Crippen LogP contribution in [0.4, 0.5) is 15.9 Å². The van der Waals surface area contributed by atoms with Crippen LogP contribution in [0.25, 0.3) is 0 Å². The minimum Gasteiger partial charge on any atom is -0.459 e. The molecule has 0 unspecified atom stereocenters. The second kappa shape index (κ2) is 12.1. The molecule has 3 aromatic carbocycles. The van der Waals surface area contributed by atoms with Crippen LogP contribution in [0.15, 0.2) is 96.1 Å². The smallest absolute Gasteiger partial charge is 0.318 e. The van der Waals surface area contributed by atoms with Gasteiger partial charge in [-0.1, -0.05) is 72.4 Å². The fraction of sp³-hybridized carbons (Fsp3) is 0.0800. The summed E-state index contributed by atoms with van der Waals surface area (Å²) in [6.07, 6.45) is 1.05. The third kappa shape index (κ3) is 6.97. The minimum atomic E-state index is -0.648. The number of amidine groups is 1. The Kier molecular flexibility index (Phi) is 8.37. The predicted molar refractivity (Wildman–Crippen MR) is 137 cm³/mol. The molecule has 0 radical (unpaired) electrons. The molecule has 6 nitrogen and oxygen atoms in total. The van der Waals surface area contributed by atoms with Gasteiger partial charge in [0, 0.05) is 24.3 Å². The molecule has 4 rings (SSSR count). The Bertz CT molecular complexity index is 1240. The van der Waals surface area contributed by atoms with E-state index in [1.807, 2.05) is 72.8 Å². The van der Waals surface area contributed by atoms with Crippen molar-refractivity contribution in [2.45, 2.75) is 12.4 Å². The van der Waals surface area contributed by atoms with Crippen LogP contribution in [0.3, 0.4) is 0 Å². The highest BCUT2D eigenvalue weighted by atomic mass is 32.2. The second-order valence-corrected chi connectivity index (χ2v) is 8.18. The van der Waals surface area contributed by atoms with Crippen LogP contribution < -0.4 is 14.2 Å². The first-order valence-electron chi connectivity index (χ1n) is 10.3. The maximum atomic E-state index is 14.5. The first kappa shape index (κ1) is 23.6. The molecular weight excluding hydrogens is 471 g/mol. The number of hydrogen-bond acceptors (Lipinski definition) is 7. The molecule has 0 aliphatic carbocycles. The number of benzene rings is 3. The molecule has 9 heteroatoms. The summed E-state index contributed by atoms with van der Waals surface area (Å²) in [5.41, 5.74) is 2.78. The zero-order chi connectivity index (χ0) is 23.6. The topological polar surface area (TPSA) is 68.6 Å². The zero-order valence-corrected chi connectivity index (χ0v) is 19.7. The number of ether oxygens (including phenoxy) is 1. The number of anilines is 1. The van der Waals surface area contributed by atoms with E-state index in [4.69, 9.17) is 8.92 Å². The van der Waals surface area contributed by atoms with Crippen molar-refractivity contribution in [2.24, 2.45) is 4.99 Å². The van der Waals surface area contributed by atoms with E-state index in [9.17, 15) is 4.39 Å². The molecule has 0 aliphatic heterocycles. The molecular formula is C25H21FN4O2S2. The van der Waals surface area contributed by atoms with Crippen LogP contribution >= 0.6 is 24.7 Å². The van der Waals surface area contributed by atoms with Gasteiger partial charge < -0.3 is 14.2 Å². The summed E-state index contributed by atoms with van der Waals surface area (Å²) in [6.45, 7) is 0.178. The molecule has 0 amide bonds. The highest BCUT2D eigenvalue weighted by Crippen LogP contribution is 2.23. The molecule has 0 spiro atoms. The summed E-state index contributed by atoms with van der Waals surface area (Å²) in [7, 11) is 0. The van der Waals surface area contributed by atoms with Gasteiger partial charge in [0.15, 0.2) is 16.8 Å². The molecule has 0 saturated heterocycles. The van der Waals surface area contributed by atoms with Crippen molar-refractivity contribution in [3.05, 3.63) is 108 Å². The quantitative estimate of drug-likeness (QED) is 0.127. The molecule has 1 heterocycles. The Balaban J connectivity index is 1.53. The highest BCUT2D eigenvalue weighted by molar-refractivity contribution is 8.13. The summed E-state index contributed by atoms with van der Waals surface area (Å²) >= 11 is 5.24. The molecule has 1 N–H and O–H groups in total. The lowest BCUT2D eigenvalue weighted by molar-refractivity contribution is 0.279. The van der Waals surface area contributed by atoms with E-state index in [0.717, 1.165) is 23.0 Å².